The molecular weight excluding hydrogens is 434 g/mol. The Morgan fingerprint density at radius 2 is 1.68 bits per heavy atom. The van der Waals surface area contributed by atoms with Crippen LogP contribution in [0.5, 0.6) is 17.2 Å². The number of likely N-dealkylation sites (tertiary alicyclic amines) is 1. The summed E-state index contributed by atoms with van der Waals surface area (Å²) in [5.74, 6) is 2.39. The molecule has 0 bridgehead atoms. The van der Waals surface area contributed by atoms with Gasteiger partial charge in [-0.05, 0) is 49.1 Å². The van der Waals surface area contributed by atoms with Gasteiger partial charge in [-0.3, -0.25) is 9.59 Å². The van der Waals surface area contributed by atoms with Crippen molar-refractivity contribution < 1.29 is 23.8 Å². The fourth-order valence-corrected chi connectivity index (χ4v) is 4.38. The van der Waals surface area contributed by atoms with Crippen LogP contribution < -0.4 is 19.5 Å². The summed E-state index contributed by atoms with van der Waals surface area (Å²) >= 11 is 0. The van der Waals surface area contributed by atoms with E-state index >= 15 is 0 Å². The minimum absolute atomic E-state index is 0.00668. The van der Waals surface area contributed by atoms with Gasteiger partial charge in [0, 0.05) is 54.7 Å². The molecule has 2 aromatic carbocycles. The maximum atomic E-state index is 13.0. The number of rotatable bonds is 8. The van der Waals surface area contributed by atoms with E-state index in [1.54, 1.807) is 27.4 Å². The second-order valence-electron chi connectivity index (χ2n) is 8.53. The molecule has 0 unspecified atom stereocenters. The Morgan fingerprint density at radius 3 is 2.38 bits per heavy atom. The number of aromatic amines is 1. The summed E-state index contributed by atoms with van der Waals surface area (Å²) in [6.07, 6.45) is 2.06. The molecule has 1 saturated heterocycles. The Kier molecular flexibility index (Phi) is 7.25. The molecule has 1 fully saturated rings. The monoisotopic (exact) mass is 465 g/mol. The molecule has 180 valence electrons. The Balaban J connectivity index is 1.27. The molecular formula is C26H31N3O5. The molecule has 0 spiro atoms. The van der Waals surface area contributed by atoms with Crippen molar-refractivity contribution >= 4 is 22.7 Å². The highest BCUT2D eigenvalue weighted by molar-refractivity contribution is 5.98. The van der Waals surface area contributed by atoms with Crippen LogP contribution >= 0.6 is 0 Å². The summed E-state index contributed by atoms with van der Waals surface area (Å²) in [5.41, 5.74) is 2.35. The van der Waals surface area contributed by atoms with E-state index in [0.29, 0.717) is 43.2 Å². The van der Waals surface area contributed by atoms with Gasteiger partial charge in [-0.25, -0.2) is 0 Å². The number of carbonyl (C=O) groups excluding carboxylic acids is 2. The topological polar surface area (TPSA) is 92.9 Å². The maximum absolute atomic E-state index is 13.0. The molecule has 0 aliphatic carbocycles. The normalized spacial score (nSPS) is 14.1. The Hall–Kier alpha value is -3.68. The third-order valence-electron chi connectivity index (χ3n) is 6.41. The molecule has 0 saturated carbocycles. The zero-order chi connectivity index (χ0) is 24.1. The molecule has 8 heteroatoms. The Morgan fingerprint density at radius 1 is 0.971 bits per heavy atom. The van der Waals surface area contributed by atoms with Gasteiger partial charge in [0.15, 0.2) is 0 Å². The van der Waals surface area contributed by atoms with Crippen molar-refractivity contribution in [3.63, 3.8) is 0 Å². The highest BCUT2D eigenvalue weighted by Crippen LogP contribution is 2.26. The third kappa shape index (κ3) is 5.27. The van der Waals surface area contributed by atoms with Gasteiger partial charge in [0.1, 0.15) is 22.9 Å². The first-order valence-corrected chi connectivity index (χ1v) is 11.4. The predicted molar refractivity (Wildman–Crippen MR) is 129 cm³/mol. The third-order valence-corrected chi connectivity index (χ3v) is 6.41. The van der Waals surface area contributed by atoms with Crippen molar-refractivity contribution in [1.82, 2.24) is 15.2 Å². The number of amides is 2. The lowest BCUT2D eigenvalue weighted by Crippen LogP contribution is -2.39. The minimum Gasteiger partial charge on any atom is -0.497 e. The fourth-order valence-electron chi connectivity index (χ4n) is 4.38. The van der Waals surface area contributed by atoms with Gasteiger partial charge in [-0.1, -0.05) is 0 Å². The van der Waals surface area contributed by atoms with Crippen LogP contribution in [-0.4, -0.2) is 56.1 Å². The van der Waals surface area contributed by atoms with Gasteiger partial charge < -0.3 is 29.4 Å². The number of piperidine rings is 1. The fraction of sp³-hybridized carbons (Fsp3) is 0.385. The van der Waals surface area contributed by atoms with Crippen molar-refractivity contribution in [2.45, 2.75) is 25.8 Å². The molecule has 34 heavy (non-hydrogen) atoms. The number of benzene rings is 2. The summed E-state index contributed by atoms with van der Waals surface area (Å²) in [5, 5.41) is 3.96. The molecule has 2 amide bonds. The molecule has 2 heterocycles. The average molecular weight is 466 g/mol. The van der Waals surface area contributed by atoms with E-state index in [1.165, 1.54) is 0 Å². The SMILES string of the molecule is COc1ccc(CNC(=O)CC2CCN(C(=O)c3cc4ccc(OC)cc4[nH]3)CC2)c(OC)c1. The van der Waals surface area contributed by atoms with Crippen molar-refractivity contribution in [2.75, 3.05) is 34.4 Å². The van der Waals surface area contributed by atoms with Crippen LogP contribution in [0.1, 0.15) is 35.3 Å². The zero-order valence-electron chi connectivity index (χ0n) is 19.8. The minimum atomic E-state index is -0.00957. The lowest BCUT2D eigenvalue weighted by Gasteiger charge is -2.31. The quantitative estimate of drug-likeness (QED) is 0.529. The van der Waals surface area contributed by atoms with Crippen LogP contribution in [0.15, 0.2) is 42.5 Å². The first-order chi connectivity index (χ1) is 16.5. The van der Waals surface area contributed by atoms with E-state index in [1.807, 2.05) is 41.3 Å². The largest absolute Gasteiger partial charge is 0.497 e. The zero-order valence-corrected chi connectivity index (χ0v) is 19.8. The van der Waals surface area contributed by atoms with Crippen LogP contribution in [-0.2, 0) is 11.3 Å². The number of H-pyrrole nitrogens is 1. The van der Waals surface area contributed by atoms with Crippen LogP contribution in [0.4, 0.5) is 0 Å². The molecule has 1 aromatic heterocycles. The number of nitrogens with one attached hydrogen (secondary N) is 2. The van der Waals surface area contributed by atoms with Crippen molar-refractivity contribution in [2.24, 2.45) is 5.92 Å². The molecule has 2 N–H and O–H groups in total. The van der Waals surface area contributed by atoms with Crippen LogP contribution in [0.2, 0.25) is 0 Å². The predicted octanol–water partition coefficient (Wildman–Crippen LogP) is 3.75. The molecule has 0 radical (unpaired) electrons. The van der Waals surface area contributed by atoms with Crippen molar-refractivity contribution in [1.29, 1.82) is 0 Å². The number of carbonyl (C=O) groups is 2. The van der Waals surface area contributed by atoms with Crippen molar-refractivity contribution in [3.05, 3.63) is 53.7 Å². The van der Waals surface area contributed by atoms with E-state index in [-0.39, 0.29) is 17.7 Å². The maximum Gasteiger partial charge on any atom is 0.270 e. The molecule has 0 atom stereocenters. The molecule has 1 aliphatic heterocycles. The van der Waals surface area contributed by atoms with Gasteiger partial charge in [0.05, 0.1) is 21.3 Å². The standard InChI is InChI=1S/C26H31N3O5/c1-32-20-6-4-18-13-23(28-22(18)14-20)26(31)29-10-8-17(9-11-29)12-25(30)27-16-19-5-7-21(33-2)15-24(19)34-3/h4-7,13-15,17,28H,8-12,16H2,1-3H3,(H,27,30). The van der Waals surface area contributed by atoms with Gasteiger partial charge in [0.25, 0.3) is 5.91 Å². The number of hydrogen-bond donors (Lipinski definition) is 2. The lowest BCUT2D eigenvalue weighted by atomic mass is 9.93. The van der Waals surface area contributed by atoms with E-state index in [2.05, 4.69) is 10.3 Å². The number of aromatic nitrogens is 1. The smallest absolute Gasteiger partial charge is 0.270 e. The summed E-state index contributed by atoms with van der Waals surface area (Å²) in [6.45, 7) is 1.68. The molecule has 1 aliphatic rings. The van der Waals surface area contributed by atoms with E-state index in [0.717, 1.165) is 35.1 Å². The summed E-state index contributed by atoms with van der Waals surface area (Å²) in [7, 11) is 4.82. The van der Waals surface area contributed by atoms with E-state index in [4.69, 9.17) is 14.2 Å². The lowest BCUT2D eigenvalue weighted by molar-refractivity contribution is -0.122. The van der Waals surface area contributed by atoms with Gasteiger partial charge >= 0.3 is 0 Å². The first kappa shape index (κ1) is 23.5. The van der Waals surface area contributed by atoms with Crippen LogP contribution in [0.3, 0.4) is 0 Å². The second kappa shape index (κ2) is 10.5. The Labute approximate surface area is 199 Å². The summed E-state index contributed by atoms with van der Waals surface area (Å²) in [6, 6.07) is 13.1. The molecule has 4 rings (SSSR count). The van der Waals surface area contributed by atoms with Crippen LogP contribution in [0.25, 0.3) is 10.9 Å². The highest BCUT2D eigenvalue weighted by atomic mass is 16.5. The second-order valence-corrected chi connectivity index (χ2v) is 8.53. The van der Waals surface area contributed by atoms with Crippen LogP contribution in [0, 0.1) is 5.92 Å². The number of ether oxygens (including phenoxy) is 3. The number of fused-ring (bicyclic) bond motifs is 1. The number of nitrogens with zero attached hydrogens (tertiary/aromatic N) is 1. The van der Waals surface area contributed by atoms with Gasteiger partial charge in [-0.15, -0.1) is 0 Å². The summed E-state index contributed by atoms with van der Waals surface area (Å²) in [4.78, 5) is 30.6. The summed E-state index contributed by atoms with van der Waals surface area (Å²) < 4.78 is 15.9. The highest BCUT2D eigenvalue weighted by Gasteiger charge is 2.26. The van der Waals surface area contributed by atoms with E-state index in [9.17, 15) is 9.59 Å². The van der Waals surface area contributed by atoms with Gasteiger partial charge in [0.2, 0.25) is 5.91 Å². The number of methoxy groups -OCH3 is 3. The van der Waals surface area contributed by atoms with E-state index < -0.39 is 0 Å². The Bertz CT molecular complexity index is 1160. The first-order valence-electron chi connectivity index (χ1n) is 11.4. The average Bonchev–Trinajstić information content (AvgIpc) is 3.30. The molecule has 3 aromatic rings. The van der Waals surface area contributed by atoms with Crippen molar-refractivity contribution in [3.8, 4) is 17.2 Å². The molecule has 8 nitrogen and oxygen atoms in total. The number of hydrogen-bond acceptors (Lipinski definition) is 5. The van der Waals surface area contributed by atoms with Gasteiger partial charge in [-0.2, -0.15) is 0 Å².